The van der Waals surface area contributed by atoms with E-state index in [1.807, 2.05) is 0 Å². The van der Waals surface area contributed by atoms with Gasteiger partial charge >= 0.3 is 0 Å². The summed E-state index contributed by atoms with van der Waals surface area (Å²) in [6.07, 6.45) is 4.54. The van der Waals surface area contributed by atoms with Crippen LogP contribution in [0.3, 0.4) is 0 Å². The maximum Gasteiger partial charge on any atom is 0.271 e. The summed E-state index contributed by atoms with van der Waals surface area (Å²) in [5, 5.41) is 13.6. The van der Waals surface area contributed by atoms with E-state index in [2.05, 4.69) is 10.2 Å². The second-order valence-corrected chi connectivity index (χ2v) is 5.31. The van der Waals surface area contributed by atoms with Crippen molar-refractivity contribution in [1.29, 1.82) is 0 Å². The van der Waals surface area contributed by atoms with E-state index >= 15 is 0 Å². The molecule has 1 fully saturated rings. The topological polar surface area (TPSA) is 75.5 Å². The lowest BCUT2D eigenvalue weighted by Gasteiger charge is -2.25. The molecular formula is C14H18ClN3O3. The van der Waals surface area contributed by atoms with Crippen molar-refractivity contribution in [2.75, 3.05) is 29.2 Å². The van der Waals surface area contributed by atoms with Gasteiger partial charge < -0.3 is 10.2 Å². The number of carbonyl (C=O) groups is 1. The van der Waals surface area contributed by atoms with Gasteiger partial charge in [-0.05, 0) is 18.9 Å². The molecule has 0 saturated carbocycles. The summed E-state index contributed by atoms with van der Waals surface area (Å²) in [5.74, 6) is -0.546. The molecule has 1 heterocycles. The highest BCUT2D eigenvalue weighted by Crippen LogP contribution is 2.31. The molecule has 6 nitrogen and oxygen atoms in total. The minimum atomic E-state index is -0.470. The molecule has 1 aromatic rings. The number of anilines is 2. The summed E-state index contributed by atoms with van der Waals surface area (Å²) in [6.45, 7) is 1.78. The van der Waals surface area contributed by atoms with Crippen molar-refractivity contribution in [3.05, 3.63) is 28.3 Å². The molecule has 1 N–H and O–H groups in total. The van der Waals surface area contributed by atoms with Crippen LogP contribution >= 0.6 is 11.6 Å². The molecule has 0 radical (unpaired) electrons. The van der Waals surface area contributed by atoms with Gasteiger partial charge in [-0.1, -0.05) is 12.8 Å². The van der Waals surface area contributed by atoms with E-state index in [4.69, 9.17) is 11.6 Å². The quantitative estimate of drug-likeness (QED) is 0.526. The van der Waals surface area contributed by atoms with E-state index in [1.165, 1.54) is 25.0 Å². The van der Waals surface area contributed by atoms with Gasteiger partial charge in [0.25, 0.3) is 5.69 Å². The molecular weight excluding hydrogens is 294 g/mol. The van der Waals surface area contributed by atoms with Gasteiger partial charge in [0, 0.05) is 25.2 Å². The Hall–Kier alpha value is -1.82. The highest BCUT2D eigenvalue weighted by molar-refractivity contribution is 6.29. The summed E-state index contributed by atoms with van der Waals surface area (Å²) in [5.41, 5.74) is 1.23. The average molecular weight is 312 g/mol. The molecule has 7 heteroatoms. The summed E-state index contributed by atoms with van der Waals surface area (Å²) < 4.78 is 0. The lowest BCUT2D eigenvalue weighted by atomic mass is 10.2. The van der Waals surface area contributed by atoms with E-state index in [-0.39, 0.29) is 17.5 Å². The Kier molecular flexibility index (Phi) is 5.38. The van der Waals surface area contributed by atoms with Crippen molar-refractivity contribution in [2.24, 2.45) is 0 Å². The first kappa shape index (κ1) is 15.6. The Labute approximate surface area is 128 Å². The Balaban J connectivity index is 2.33. The molecule has 1 saturated heterocycles. The summed E-state index contributed by atoms with van der Waals surface area (Å²) >= 11 is 5.51. The fraction of sp³-hybridized carbons (Fsp3) is 0.500. The number of nitrogens with one attached hydrogen (secondary N) is 1. The van der Waals surface area contributed by atoms with Crippen LogP contribution in [0.2, 0.25) is 0 Å². The highest BCUT2D eigenvalue weighted by atomic mass is 35.5. The highest BCUT2D eigenvalue weighted by Gasteiger charge is 2.18. The van der Waals surface area contributed by atoms with E-state index < -0.39 is 4.92 Å². The monoisotopic (exact) mass is 311 g/mol. The lowest BCUT2D eigenvalue weighted by molar-refractivity contribution is -0.384. The van der Waals surface area contributed by atoms with Gasteiger partial charge in [-0.2, -0.15) is 0 Å². The maximum atomic E-state index is 11.5. The zero-order valence-corrected chi connectivity index (χ0v) is 12.4. The van der Waals surface area contributed by atoms with Crippen LogP contribution in [-0.2, 0) is 4.79 Å². The SMILES string of the molecule is O=C(CCl)Nc1cc([N+](=O)[O-])ccc1N1CCCCCC1. The van der Waals surface area contributed by atoms with Crippen molar-refractivity contribution in [2.45, 2.75) is 25.7 Å². The first-order chi connectivity index (χ1) is 10.1. The third-order valence-electron chi connectivity index (χ3n) is 3.53. The second-order valence-electron chi connectivity index (χ2n) is 5.04. The number of hydrogen-bond acceptors (Lipinski definition) is 4. The molecule has 0 spiro atoms. The minimum absolute atomic E-state index is 0.0431. The third-order valence-corrected chi connectivity index (χ3v) is 3.78. The number of carbonyl (C=O) groups excluding carboxylic acids is 1. The van der Waals surface area contributed by atoms with Crippen molar-refractivity contribution in [1.82, 2.24) is 0 Å². The Morgan fingerprint density at radius 2 is 1.95 bits per heavy atom. The van der Waals surface area contributed by atoms with Gasteiger partial charge in [0.15, 0.2) is 0 Å². The summed E-state index contributed by atoms with van der Waals surface area (Å²) in [6, 6.07) is 4.56. The van der Waals surface area contributed by atoms with Gasteiger partial charge in [0.2, 0.25) is 5.91 Å². The molecule has 0 bridgehead atoms. The number of rotatable bonds is 4. The predicted molar refractivity (Wildman–Crippen MR) is 83.1 cm³/mol. The van der Waals surface area contributed by atoms with Gasteiger partial charge in [-0.3, -0.25) is 14.9 Å². The molecule has 1 aromatic carbocycles. The van der Waals surface area contributed by atoms with E-state index in [0.29, 0.717) is 5.69 Å². The number of alkyl halides is 1. The molecule has 1 amide bonds. The number of amides is 1. The number of halogens is 1. The Morgan fingerprint density at radius 3 is 2.52 bits per heavy atom. The van der Waals surface area contributed by atoms with Crippen LogP contribution in [-0.4, -0.2) is 29.8 Å². The summed E-state index contributed by atoms with van der Waals surface area (Å²) in [4.78, 5) is 24.1. The molecule has 114 valence electrons. The molecule has 1 aliphatic rings. The maximum absolute atomic E-state index is 11.5. The van der Waals surface area contributed by atoms with Crippen molar-refractivity contribution >= 4 is 34.6 Å². The number of nitro benzene ring substituents is 1. The minimum Gasteiger partial charge on any atom is -0.370 e. The van der Waals surface area contributed by atoms with Crippen LogP contribution in [0.5, 0.6) is 0 Å². The number of benzene rings is 1. The van der Waals surface area contributed by atoms with E-state index in [9.17, 15) is 14.9 Å². The van der Waals surface area contributed by atoms with Gasteiger partial charge in [0.05, 0.1) is 16.3 Å². The normalized spacial score (nSPS) is 15.4. The van der Waals surface area contributed by atoms with E-state index in [1.54, 1.807) is 6.07 Å². The number of non-ortho nitro benzene ring substituents is 1. The molecule has 2 rings (SSSR count). The van der Waals surface area contributed by atoms with Crippen molar-refractivity contribution < 1.29 is 9.72 Å². The van der Waals surface area contributed by atoms with Crippen molar-refractivity contribution in [3.63, 3.8) is 0 Å². The third kappa shape index (κ3) is 4.07. The molecule has 0 aliphatic carbocycles. The largest absolute Gasteiger partial charge is 0.370 e. The van der Waals surface area contributed by atoms with Crippen LogP contribution in [0.1, 0.15) is 25.7 Å². The molecule has 21 heavy (non-hydrogen) atoms. The molecule has 0 aromatic heterocycles. The Morgan fingerprint density at radius 1 is 1.29 bits per heavy atom. The lowest BCUT2D eigenvalue weighted by Crippen LogP contribution is -2.26. The van der Waals surface area contributed by atoms with Crippen LogP contribution in [0, 0.1) is 10.1 Å². The molecule has 0 unspecified atom stereocenters. The van der Waals surface area contributed by atoms with Crippen LogP contribution in [0.4, 0.5) is 17.1 Å². The summed E-state index contributed by atoms with van der Waals surface area (Å²) in [7, 11) is 0. The number of nitro groups is 1. The molecule has 0 atom stereocenters. The van der Waals surface area contributed by atoms with Gasteiger partial charge in [-0.15, -0.1) is 11.6 Å². The number of nitrogens with zero attached hydrogens (tertiary/aromatic N) is 2. The van der Waals surface area contributed by atoms with Crippen molar-refractivity contribution in [3.8, 4) is 0 Å². The Bertz CT molecular complexity index is 528. The zero-order valence-electron chi connectivity index (χ0n) is 11.7. The fourth-order valence-electron chi connectivity index (χ4n) is 2.51. The predicted octanol–water partition coefficient (Wildman–Crippen LogP) is 3.15. The zero-order chi connectivity index (χ0) is 15.2. The first-order valence-corrected chi connectivity index (χ1v) is 7.54. The molecule has 1 aliphatic heterocycles. The van der Waals surface area contributed by atoms with Crippen LogP contribution in [0.25, 0.3) is 0 Å². The second kappa shape index (κ2) is 7.26. The fourth-order valence-corrected chi connectivity index (χ4v) is 2.58. The smallest absolute Gasteiger partial charge is 0.271 e. The van der Waals surface area contributed by atoms with Crippen LogP contribution < -0.4 is 10.2 Å². The standard InChI is InChI=1S/C14H18ClN3O3/c15-10-14(19)16-12-9-11(18(20)21)5-6-13(12)17-7-3-1-2-4-8-17/h5-6,9H,1-4,7-8,10H2,(H,16,19). The van der Waals surface area contributed by atoms with Gasteiger partial charge in [-0.25, -0.2) is 0 Å². The first-order valence-electron chi connectivity index (χ1n) is 7.01. The van der Waals surface area contributed by atoms with E-state index in [0.717, 1.165) is 31.6 Å². The van der Waals surface area contributed by atoms with Crippen LogP contribution in [0.15, 0.2) is 18.2 Å². The van der Waals surface area contributed by atoms with Gasteiger partial charge in [0.1, 0.15) is 5.88 Å². The average Bonchev–Trinajstić information content (AvgIpc) is 2.76. The number of hydrogen-bond donors (Lipinski definition) is 1.